The molecule has 0 spiro atoms. The van der Waals surface area contributed by atoms with Gasteiger partial charge in [0.25, 0.3) is 0 Å². The Morgan fingerprint density at radius 1 is 1.33 bits per heavy atom. The molecule has 21 heavy (non-hydrogen) atoms. The first-order valence-electron chi connectivity index (χ1n) is 7.74. The molecule has 0 aromatic heterocycles. The summed E-state index contributed by atoms with van der Waals surface area (Å²) in [5, 5.41) is 9.98. The van der Waals surface area contributed by atoms with Crippen molar-refractivity contribution >= 4 is 5.97 Å². The predicted octanol–water partition coefficient (Wildman–Crippen LogP) is 0.674. The number of carbonyl (C=O) groups excluding carboxylic acids is 1. The third kappa shape index (κ3) is 7.22. The molecule has 2 unspecified atom stereocenters. The Morgan fingerprint density at radius 3 is 2.57 bits per heavy atom. The number of methoxy groups -OCH3 is 1. The molecule has 1 aliphatic rings. The van der Waals surface area contributed by atoms with Crippen LogP contribution >= 0.6 is 0 Å². The third-order valence-corrected chi connectivity index (χ3v) is 3.65. The van der Waals surface area contributed by atoms with Crippen LogP contribution < -0.4 is 0 Å². The first-order chi connectivity index (χ1) is 10.1. The van der Waals surface area contributed by atoms with Crippen molar-refractivity contribution < 1.29 is 24.1 Å². The summed E-state index contributed by atoms with van der Waals surface area (Å²) in [7, 11) is 1.63. The van der Waals surface area contributed by atoms with Crippen LogP contribution in [0.4, 0.5) is 0 Å². The number of carbonyl (C=O) groups is 1. The van der Waals surface area contributed by atoms with Gasteiger partial charge in [-0.2, -0.15) is 0 Å². The van der Waals surface area contributed by atoms with Crippen molar-refractivity contribution in [3.63, 3.8) is 0 Å². The Balaban J connectivity index is 2.18. The van der Waals surface area contributed by atoms with Crippen LogP contribution in [0.5, 0.6) is 0 Å². The standard InChI is InChI=1S/C15H29NO5/c1-4-20-15(18)13-5-7-16(8-6-13)9-14(17)11-21-12(2)10-19-3/h12-14,17H,4-11H2,1-3H3. The van der Waals surface area contributed by atoms with Crippen molar-refractivity contribution in [3.8, 4) is 0 Å². The Morgan fingerprint density at radius 2 is 2.00 bits per heavy atom. The first-order valence-corrected chi connectivity index (χ1v) is 7.74. The van der Waals surface area contributed by atoms with Gasteiger partial charge in [-0.15, -0.1) is 0 Å². The van der Waals surface area contributed by atoms with E-state index in [4.69, 9.17) is 14.2 Å². The van der Waals surface area contributed by atoms with Crippen LogP contribution in [-0.4, -0.2) is 74.7 Å². The summed E-state index contributed by atoms with van der Waals surface area (Å²) in [6.07, 6.45) is 1.07. The molecule has 1 aliphatic heterocycles. The monoisotopic (exact) mass is 303 g/mol. The Kier molecular flexibility index (Phi) is 8.84. The van der Waals surface area contributed by atoms with Gasteiger partial charge in [0, 0.05) is 13.7 Å². The predicted molar refractivity (Wildman–Crippen MR) is 79.1 cm³/mol. The van der Waals surface area contributed by atoms with E-state index in [1.165, 1.54) is 0 Å². The van der Waals surface area contributed by atoms with E-state index in [1.54, 1.807) is 7.11 Å². The highest BCUT2D eigenvalue weighted by molar-refractivity contribution is 5.72. The second-order valence-corrected chi connectivity index (χ2v) is 5.58. The fourth-order valence-electron chi connectivity index (χ4n) is 2.52. The van der Waals surface area contributed by atoms with Gasteiger partial charge in [0.05, 0.1) is 37.9 Å². The van der Waals surface area contributed by atoms with E-state index in [9.17, 15) is 9.90 Å². The number of hydrogen-bond acceptors (Lipinski definition) is 6. The second-order valence-electron chi connectivity index (χ2n) is 5.58. The molecule has 6 heteroatoms. The van der Waals surface area contributed by atoms with Crippen LogP contribution in [0, 0.1) is 5.92 Å². The molecule has 0 aliphatic carbocycles. The van der Waals surface area contributed by atoms with Crippen molar-refractivity contribution in [2.75, 3.05) is 46.6 Å². The zero-order valence-corrected chi connectivity index (χ0v) is 13.4. The summed E-state index contributed by atoms with van der Waals surface area (Å²) < 4.78 is 15.5. The normalized spacial score (nSPS) is 20.2. The molecule has 1 saturated heterocycles. The number of rotatable bonds is 9. The molecular weight excluding hydrogens is 274 g/mol. The fraction of sp³-hybridized carbons (Fsp3) is 0.933. The number of hydrogen-bond donors (Lipinski definition) is 1. The Hall–Kier alpha value is -0.690. The Bertz CT molecular complexity index is 292. The lowest BCUT2D eigenvalue weighted by Crippen LogP contribution is -2.42. The number of aliphatic hydroxyl groups excluding tert-OH is 1. The molecule has 1 heterocycles. The minimum absolute atomic E-state index is 0.0105. The van der Waals surface area contributed by atoms with E-state index >= 15 is 0 Å². The van der Waals surface area contributed by atoms with Crippen LogP contribution in [0.2, 0.25) is 0 Å². The lowest BCUT2D eigenvalue weighted by molar-refractivity contribution is -0.149. The van der Waals surface area contributed by atoms with Gasteiger partial charge in [-0.3, -0.25) is 4.79 Å². The van der Waals surface area contributed by atoms with Crippen molar-refractivity contribution in [1.29, 1.82) is 0 Å². The maximum Gasteiger partial charge on any atom is 0.309 e. The zero-order valence-electron chi connectivity index (χ0n) is 13.4. The minimum atomic E-state index is -0.511. The largest absolute Gasteiger partial charge is 0.466 e. The van der Waals surface area contributed by atoms with Gasteiger partial charge in [-0.05, 0) is 39.8 Å². The summed E-state index contributed by atoms with van der Waals surface area (Å²) in [6, 6.07) is 0. The highest BCUT2D eigenvalue weighted by Gasteiger charge is 2.26. The van der Waals surface area contributed by atoms with Crippen molar-refractivity contribution in [2.45, 2.75) is 38.9 Å². The molecule has 1 rings (SSSR count). The quantitative estimate of drug-likeness (QED) is 0.632. The van der Waals surface area contributed by atoms with E-state index in [2.05, 4.69) is 4.90 Å². The van der Waals surface area contributed by atoms with Gasteiger partial charge >= 0.3 is 5.97 Å². The lowest BCUT2D eigenvalue weighted by Gasteiger charge is -2.32. The maximum absolute atomic E-state index is 11.6. The number of likely N-dealkylation sites (tertiary alicyclic amines) is 1. The van der Waals surface area contributed by atoms with Crippen LogP contribution in [0.3, 0.4) is 0 Å². The van der Waals surface area contributed by atoms with Crippen molar-refractivity contribution in [2.24, 2.45) is 5.92 Å². The van der Waals surface area contributed by atoms with Crippen LogP contribution in [0.25, 0.3) is 0 Å². The molecule has 2 atom stereocenters. The molecule has 0 amide bonds. The average Bonchev–Trinajstić information content (AvgIpc) is 2.46. The number of β-amino-alcohol motifs (C(OH)–C–C–N with tert-alkyl or cyclic N) is 1. The van der Waals surface area contributed by atoms with Crippen LogP contribution in [-0.2, 0) is 19.0 Å². The number of piperidine rings is 1. The van der Waals surface area contributed by atoms with Gasteiger partial charge in [0.1, 0.15) is 0 Å². The lowest BCUT2D eigenvalue weighted by atomic mass is 9.97. The minimum Gasteiger partial charge on any atom is -0.466 e. The molecule has 1 fully saturated rings. The van der Waals surface area contributed by atoms with E-state index in [1.807, 2.05) is 13.8 Å². The molecule has 0 bridgehead atoms. The molecule has 0 aromatic carbocycles. The van der Waals surface area contributed by atoms with E-state index in [0.717, 1.165) is 25.9 Å². The van der Waals surface area contributed by atoms with Gasteiger partial charge in [-0.25, -0.2) is 0 Å². The van der Waals surface area contributed by atoms with Gasteiger partial charge in [-0.1, -0.05) is 0 Å². The van der Waals surface area contributed by atoms with E-state index in [0.29, 0.717) is 26.4 Å². The second kappa shape index (κ2) is 10.1. The summed E-state index contributed by atoms with van der Waals surface area (Å²) in [6.45, 7) is 7.22. The van der Waals surface area contributed by atoms with Crippen LogP contribution in [0.1, 0.15) is 26.7 Å². The molecule has 124 valence electrons. The molecule has 0 saturated carbocycles. The number of nitrogens with zero attached hydrogens (tertiary/aromatic N) is 1. The SMILES string of the molecule is CCOC(=O)C1CCN(CC(O)COC(C)COC)CC1. The fourth-order valence-corrected chi connectivity index (χ4v) is 2.52. The molecular formula is C15H29NO5. The van der Waals surface area contributed by atoms with Crippen molar-refractivity contribution in [1.82, 2.24) is 4.90 Å². The summed E-state index contributed by atoms with van der Waals surface area (Å²) >= 11 is 0. The van der Waals surface area contributed by atoms with E-state index < -0.39 is 6.10 Å². The first kappa shape index (κ1) is 18.4. The molecule has 0 aromatic rings. The molecule has 1 N–H and O–H groups in total. The van der Waals surface area contributed by atoms with Gasteiger partial charge in [0.15, 0.2) is 0 Å². The smallest absolute Gasteiger partial charge is 0.309 e. The summed E-state index contributed by atoms with van der Waals surface area (Å²) in [4.78, 5) is 13.8. The molecule has 0 radical (unpaired) electrons. The Labute approximate surface area is 127 Å². The van der Waals surface area contributed by atoms with Gasteiger partial charge in [0.2, 0.25) is 0 Å². The molecule has 6 nitrogen and oxygen atoms in total. The zero-order chi connectivity index (χ0) is 15.7. The summed E-state index contributed by atoms with van der Waals surface area (Å²) in [5.41, 5.74) is 0. The number of esters is 1. The maximum atomic E-state index is 11.6. The highest BCUT2D eigenvalue weighted by atomic mass is 16.5. The van der Waals surface area contributed by atoms with Crippen molar-refractivity contribution in [3.05, 3.63) is 0 Å². The van der Waals surface area contributed by atoms with E-state index in [-0.39, 0.29) is 18.0 Å². The average molecular weight is 303 g/mol. The van der Waals surface area contributed by atoms with Gasteiger partial charge < -0.3 is 24.2 Å². The number of ether oxygens (including phenoxy) is 3. The topological polar surface area (TPSA) is 68.2 Å². The third-order valence-electron chi connectivity index (χ3n) is 3.65. The highest BCUT2D eigenvalue weighted by Crippen LogP contribution is 2.18. The van der Waals surface area contributed by atoms with Crippen LogP contribution in [0.15, 0.2) is 0 Å². The number of aliphatic hydroxyl groups is 1. The summed E-state index contributed by atoms with van der Waals surface area (Å²) in [5.74, 6) is -0.0780.